The number of amides is 1. The van der Waals surface area contributed by atoms with Crippen molar-refractivity contribution in [1.82, 2.24) is 10.9 Å². The molecule has 0 aliphatic carbocycles. The molecule has 1 aliphatic heterocycles. The normalized spacial score (nSPS) is 23.7. The van der Waals surface area contributed by atoms with Gasteiger partial charge in [0, 0.05) is 16.7 Å². The lowest BCUT2D eigenvalue weighted by Gasteiger charge is -2.14. The minimum absolute atomic E-state index is 0.121. The molecule has 7 heteroatoms. The molecule has 0 saturated carbocycles. The molecule has 1 aromatic carbocycles. The van der Waals surface area contributed by atoms with Gasteiger partial charge in [0.25, 0.3) is 0 Å². The molecule has 1 heterocycles. The lowest BCUT2D eigenvalue weighted by Crippen LogP contribution is -2.43. The van der Waals surface area contributed by atoms with Gasteiger partial charge in [0.05, 0.1) is 17.1 Å². The van der Waals surface area contributed by atoms with Gasteiger partial charge >= 0.3 is 0 Å². The summed E-state index contributed by atoms with van der Waals surface area (Å²) >= 11 is 9.17. The van der Waals surface area contributed by atoms with Crippen molar-refractivity contribution >= 4 is 39.1 Å². The van der Waals surface area contributed by atoms with Gasteiger partial charge in [-0.3, -0.25) is 10.2 Å². The van der Waals surface area contributed by atoms with Crippen LogP contribution in [0.5, 0.6) is 0 Å². The number of hydrazine groups is 1. The molecular formula is C10H12BrClN4O. The fraction of sp³-hybridized carbons (Fsp3) is 0.300. The van der Waals surface area contributed by atoms with Crippen molar-refractivity contribution in [3.05, 3.63) is 27.7 Å². The van der Waals surface area contributed by atoms with Gasteiger partial charge < -0.3 is 11.1 Å². The predicted molar refractivity (Wildman–Crippen MR) is 70.4 cm³/mol. The van der Waals surface area contributed by atoms with Crippen LogP contribution in [0, 0.1) is 5.92 Å². The van der Waals surface area contributed by atoms with Gasteiger partial charge in [0.2, 0.25) is 5.91 Å². The number of nitrogens with two attached hydrogens (primary N) is 1. The van der Waals surface area contributed by atoms with Crippen LogP contribution in [-0.4, -0.2) is 18.6 Å². The van der Waals surface area contributed by atoms with E-state index in [1.54, 1.807) is 18.2 Å². The molecule has 5 N–H and O–H groups in total. The van der Waals surface area contributed by atoms with E-state index < -0.39 is 0 Å². The standard InChI is InChI=1S/C10H12BrClN4O/c11-7-3-5(1-2-8(7)12)15-10(17)6-4-14-16-9(6)13/h1-3,6,9,14,16H,4,13H2,(H,15,17). The highest BCUT2D eigenvalue weighted by atomic mass is 79.9. The molecule has 0 radical (unpaired) electrons. The van der Waals surface area contributed by atoms with Crippen LogP contribution in [0.1, 0.15) is 0 Å². The van der Waals surface area contributed by atoms with E-state index in [-0.39, 0.29) is 18.0 Å². The molecule has 17 heavy (non-hydrogen) atoms. The Morgan fingerprint density at radius 2 is 2.35 bits per heavy atom. The molecule has 0 aromatic heterocycles. The minimum Gasteiger partial charge on any atom is -0.326 e. The molecule has 1 aliphatic rings. The molecular weight excluding hydrogens is 307 g/mol. The van der Waals surface area contributed by atoms with E-state index in [9.17, 15) is 4.79 Å². The Morgan fingerprint density at radius 3 is 2.94 bits per heavy atom. The van der Waals surface area contributed by atoms with Crippen LogP contribution in [0.25, 0.3) is 0 Å². The smallest absolute Gasteiger partial charge is 0.231 e. The van der Waals surface area contributed by atoms with Crippen LogP contribution in [0.3, 0.4) is 0 Å². The zero-order valence-corrected chi connectivity index (χ0v) is 11.2. The Balaban J connectivity index is 2.05. The number of carbonyl (C=O) groups excluding carboxylic acids is 1. The Bertz CT molecular complexity index is 442. The third-order valence-electron chi connectivity index (χ3n) is 2.55. The monoisotopic (exact) mass is 318 g/mol. The number of benzene rings is 1. The van der Waals surface area contributed by atoms with Crippen molar-refractivity contribution in [3.63, 3.8) is 0 Å². The van der Waals surface area contributed by atoms with Crippen molar-refractivity contribution in [1.29, 1.82) is 0 Å². The van der Waals surface area contributed by atoms with Gasteiger partial charge in [-0.15, -0.1) is 0 Å². The Hall–Kier alpha value is -0.660. The third kappa shape index (κ3) is 2.97. The lowest BCUT2D eigenvalue weighted by atomic mass is 10.1. The summed E-state index contributed by atoms with van der Waals surface area (Å²) in [6.45, 7) is 0.516. The largest absolute Gasteiger partial charge is 0.326 e. The number of nitrogens with one attached hydrogen (secondary N) is 3. The molecule has 1 amide bonds. The van der Waals surface area contributed by atoms with Crippen molar-refractivity contribution in [2.45, 2.75) is 6.17 Å². The van der Waals surface area contributed by atoms with Crippen LogP contribution in [0.4, 0.5) is 5.69 Å². The quantitative estimate of drug-likeness (QED) is 0.657. The van der Waals surface area contributed by atoms with Crippen LogP contribution >= 0.6 is 27.5 Å². The molecule has 2 unspecified atom stereocenters. The average molecular weight is 320 g/mol. The highest BCUT2D eigenvalue weighted by Crippen LogP contribution is 2.25. The van der Waals surface area contributed by atoms with Crippen molar-refractivity contribution < 1.29 is 4.79 Å². The first-order valence-corrected chi connectivity index (χ1v) is 6.25. The van der Waals surface area contributed by atoms with Gasteiger partial charge in [0.15, 0.2) is 0 Å². The van der Waals surface area contributed by atoms with Crippen LogP contribution in [0.2, 0.25) is 5.02 Å². The molecule has 0 spiro atoms. The summed E-state index contributed by atoms with van der Waals surface area (Å²) in [7, 11) is 0. The minimum atomic E-state index is -0.370. The van der Waals surface area contributed by atoms with Crippen LogP contribution in [-0.2, 0) is 4.79 Å². The van der Waals surface area contributed by atoms with E-state index in [1.807, 2.05) is 0 Å². The van der Waals surface area contributed by atoms with Crippen molar-refractivity contribution in [3.8, 4) is 0 Å². The van der Waals surface area contributed by atoms with Gasteiger partial charge in [-0.2, -0.15) is 0 Å². The maximum absolute atomic E-state index is 11.9. The second-order valence-corrected chi connectivity index (χ2v) is 5.04. The number of halogens is 2. The summed E-state index contributed by atoms with van der Waals surface area (Å²) in [5.74, 6) is -0.409. The van der Waals surface area contributed by atoms with E-state index in [0.29, 0.717) is 17.3 Å². The van der Waals surface area contributed by atoms with Crippen LogP contribution < -0.4 is 21.9 Å². The van der Waals surface area contributed by atoms with Gasteiger partial charge in [-0.25, -0.2) is 5.43 Å². The van der Waals surface area contributed by atoms with E-state index in [4.69, 9.17) is 17.3 Å². The Labute approximate surface area is 112 Å². The SMILES string of the molecule is NC1NNCC1C(=O)Nc1ccc(Cl)c(Br)c1. The third-order valence-corrected chi connectivity index (χ3v) is 3.76. The van der Waals surface area contributed by atoms with Gasteiger partial charge in [-0.1, -0.05) is 11.6 Å². The van der Waals surface area contributed by atoms with Crippen LogP contribution in [0.15, 0.2) is 22.7 Å². The second-order valence-electron chi connectivity index (χ2n) is 3.78. The maximum Gasteiger partial charge on any atom is 0.231 e. The summed E-state index contributed by atoms with van der Waals surface area (Å²) < 4.78 is 0.740. The lowest BCUT2D eigenvalue weighted by molar-refractivity contribution is -0.119. The first-order chi connectivity index (χ1) is 8.08. The molecule has 1 saturated heterocycles. The number of rotatable bonds is 2. The van der Waals surface area contributed by atoms with E-state index in [2.05, 4.69) is 32.1 Å². The maximum atomic E-state index is 11.9. The molecule has 1 aromatic rings. The van der Waals surface area contributed by atoms with Crippen molar-refractivity contribution in [2.24, 2.45) is 11.7 Å². The summed E-state index contributed by atoms with van der Waals surface area (Å²) in [6, 6.07) is 5.21. The fourth-order valence-corrected chi connectivity index (χ4v) is 2.08. The summed E-state index contributed by atoms with van der Waals surface area (Å²) in [6.07, 6.45) is -0.370. The first kappa shape index (κ1) is 12.8. The number of hydrogen-bond acceptors (Lipinski definition) is 4. The molecule has 2 atom stereocenters. The zero-order chi connectivity index (χ0) is 12.4. The number of carbonyl (C=O) groups is 1. The average Bonchev–Trinajstić information content (AvgIpc) is 2.70. The van der Waals surface area contributed by atoms with E-state index >= 15 is 0 Å². The van der Waals surface area contributed by atoms with Crippen molar-refractivity contribution in [2.75, 3.05) is 11.9 Å². The first-order valence-electron chi connectivity index (χ1n) is 5.08. The molecule has 0 bridgehead atoms. The van der Waals surface area contributed by atoms with E-state index in [0.717, 1.165) is 4.47 Å². The second kappa shape index (κ2) is 5.32. The topological polar surface area (TPSA) is 79.2 Å². The highest BCUT2D eigenvalue weighted by Gasteiger charge is 2.29. The summed E-state index contributed by atoms with van der Waals surface area (Å²) in [5.41, 5.74) is 12.0. The summed E-state index contributed by atoms with van der Waals surface area (Å²) in [4.78, 5) is 11.9. The molecule has 1 fully saturated rings. The number of hydrogen-bond donors (Lipinski definition) is 4. The molecule has 2 rings (SSSR count). The highest BCUT2D eigenvalue weighted by molar-refractivity contribution is 9.10. The summed E-state index contributed by atoms with van der Waals surface area (Å²) in [5, 5.41) is 3.40. The number of anilines is 1. The Kier molecular flexibility index (Phi) is 4.01. The molecule has 5 nitrogen and oxygen atoms in total. The van der Waals surface area contributed by atoms with E-state index in [1.165, 1.54) is 0 Å². The van der Waals surface area contributed by atoms with Gasteiger partial charge in [-0.05, 0) is 34.1 Å². The fourth-order valence-electron chi connectivity index (χ4n) is 1.58. The van der Waals surface area contributed by atoms with Gasteiger partial charge in [0.1, 0.15) is 0 Å². The Morgan fingerprint density at radius 1 is 1.59 bits per heavy atom. The zero-order valence-electron chi connectivity index (χ0n) is 8.84. The molecule has 92 valence electrons. The predicted octanol–water partition coefficient (Wildman–Crippen LogP) is 1.05.